The second-order valence-electron chi connectivity index (χ2n) is 6.58. The molecule has 0 unspecified atom stereocenters. The van der Waals surface area contributed by atoms with Crippen LogP contribution in [0.2, 0.25) is 0 Å². The number of hydrogen-bond acceptors (Lipinski definition) is 7. The molecular formula is C20H22N4O2S2. The van der Waals surface area contributed by atoms with Gasteiger partial charge in [0.25, 0.3) is 0 Å². The summed E-state index contributed by atoms with van der Waals surface area (Å²) in [6, 6.07) is 9.86. The third-order valence-corrected chi connectivity index (χ3v) is 6.37. The quantitative estimate of drug-likeness (QED) is 0.453. The second-order valence-corrected chi connectivity index (χ2v) is 8.47. The predicted molar refractivity (Wildman–Crippen MR) is 111 cm³/mol. The van der Waals surface area contributed by atoms with Crippen LogP contribution in [0.1, 0.15) is 12.2 Å². The van der Waals surface area contributed by atoms with Crippen LogP contribution in [0.25, 0.3) is 10.6 Å². The van der Waals surface area contributed by atoms with Crippen LogP contribution in [0.3, 0.4) is 0 Å². The fourth-order valence-corrected chi connectivity index (χ4v) is 4.62. The van der Waals surface area contributed by atoms with Crippen molar-refractivity contribution in [3.05, 3.63) is 53.9 Å². The molecule has 4 rings (SSSR count). The number of thiophene rings is 1. The van der Waals surface area contributed by atoms with E-state index in [2.05, 4.69) is 14.9 Å². The lowest BCUT2D eigenvalue weighted by Crippen LogP contribution is -2.36. The van der Waals surface area contributed by atoms with E-state index in [4.69, 9.17) is 4.42 Å². The van der Waals surface area contributed by atoms with Gasteiger partial charge in [0.05, 0.1) is 29.1 Å². The molecule has 1 saturated heterocycles. The first kappa shape index (κ1) is 19.2. The number of nitrogens with zero attached hydrogens (tertiary/aromatic N) is 4. The minimum absolute atomic E-state index is 0.148. The molecule has 0 saturated carbocycles. The smallest absolute Gasteiger partial charge is 0.233 e. The van der Waals surface area contributed by atoms with Crippen molar-refractivity contribution >= 4 is 29.0 Å². The van der Waals surface area contributed by atoms with Crippen LogP contribution in [-0.2, 0) is 11.3 Å². The molecular weight excluding hydrogens is 392 g/mol. The predicted octanol–water partition coefficient (Wildman–Crippen LogP) is 3.62. The molecule has 1 amide bonds. The average Bonchev–Trinajstić information content (AvgIpc) is 3.38. The van der Waals surface area contributed by atoms with Crippen molar-refractivity contribution in [3.8, 4) is 10.6 Å². The third-order valence-electron chi connectivity index (χ3n) is 4.63. The van der Waals surface area contributed by atoms with Gasteiger partial charge in [0, 0.05) is 32.4 Å². The first-order chi connectivity index (χ1) is 13.8. The zero-order valence-electron chi connectivity index (χ0n) is 15.5. The van der Waals surface area contributed by atoms with Crippen molar-refractivity contribution in [2.45, 2.75) is 18.1 Å². The summed E-state index contributed by atoms with van der Waals surface area (Å²) in [6.07, 6.45) is 4.44. The molecule has 0 aliphatic carbocycles. The summed E-state index contributed by atoms with van der Waals surface area (Å²) >= 11 is 3.06. The van der Waals surface area contributed by atoms with Crippen molar-refractivity contribution in [1.82, 2.24) is 19.8 Å². The highest BCUT2D eigenvalue weighted by Crippen LogP contribution is 2.24. The average molecular weight is 415 g/mol. The molecule has 0 atom stereocenters. The highest BCUT2D eigenvalue weighted by Gasteiger charge is 2.20. The van der Waals surface area contributed by atoms with E-state index in [0.717, 1.165) is 55.5 Å². The Bertz CT molecular complexity index is 884. The van der Waals surface area contributed by atoms with Gasteiger partial charge >= 0.3 is 0 Å². The van der Waals surface area contributed by atoms with Gasteiger partial charge in [-0.15, -0.1) is 11.3 Å². The summed E-state index contributed by atoms with van der Waals surface area (Å²) < 4.78 is 5.44. The summed E-state index contributed by atoms with van der Waals surface area (Å²) in [4.78, 5) is 27.0. The third kappa shape index (κ3) is 5.01. The number of carbonyl (C=O) groups excluding carboxylic acids is 1. The molecule has 28 heavy (non-hydrogen) atoms. The topological polar surface area (TPSA) is 62.5 Å². The monoisotopic (exact) mass is 414 g/mol. The van der Waals surface area contributed by atoms with Crippen LogP contribution in [0, 0.1) is 0 Å². The highest BCUT2D eigenvalue weighted by atomic mass is 32.2. The molecule has 146 valence electrons. The van der Waals surface area contributed by atoms with Crippen molar-refractivity contribution in [2.24, 2.45) is 0 Å². The molecule has 1 aliphatic rings. The van der Waals surface area contributed by atoms with Gasteiger partial charge in [-0.3, -0.25) is 9.69 Å². The lowest BCUT2D eigenvalue weighted by atomic mass is 10.3. The number of furan rings is 1. The molecule has 3 aromatic rings. The summed E-state index contributed by atoms with van der Waals surface area (Å²) in [7, 11) is 0. The van der Waals surface area contributed by atoms with E-state index in [1.165, 1.54) is 11.8 Å². The van der Waals surface area contributed by atoms with Gasteiger partial charge in [0.1, 0.15) is 5.76 Å². The van der Waals surface area contributed by atoms with Gasteiger partial charge in [0.2, 0.25) is 5.91 Å². The molecule has 8 heteroatoms. The maximum Gasteiger partial charge on any atom is 0.233 e. The van der Waals surface area contributed by atoms with Gasteiger partial charge in [-0.25, -0.2) is 9.97 Å². The Kier molecular flexibility index (Phi) is 6.41. The van der Waals surface area contributed by atoms with Crippen LogP contribution >= 0.6 is 23.1 Å². The van der Waals surface area contributed by atoms with E-state index >= 15 is 0 Å². The van der Waals surface area contributed by atoms with Gasteiger partial charge in [-0.2, -0.15) is 0 Å². The zero-order chi connectivity index (χ0) is 19.2. The molecule has 1 aliphatic heterocycles. The normalized spacial score (nSPS) is 15.5. The molecule has 6 nitrogen and oxygen atoms in total. The SMILES string of the molecule is O=C(CSc1nccc(-c2cccs2)n1)N1CCCN(Cc2ccco2)CC1. The highest BCUT2D eigenvalue weighted by molar-refractivity contribution is 7.99. The Balaban J connectivity index is 1.29. The molecule has 0 N–H and O–H groups in total. The molecule has 0 radical (unpaired) electrons. The fourth-order valence-electron chi connectivity index (χ4n) is 3.19. The molecule has 4 heterocycles. The Labute approximate surface area is 172 Å². The maximum atomic E-state index is 12.7. The first-order valence-electron chi connectivity index (χ1n) is 9.30. The van der Waals surface area contributed by atoms with Crippen molar-refractivity contribution in [1.29, 1.82) is 0 Å². The van der Waals surface area contributed by atoms with Crippen LogP contribution in [0.5, 0.6) is 0 Å². The van der Waals surface area contributed by atoms with Crippen LogP contribution in [0.15, 0.2) is 57.7 Å². The molecule has 0 spiro atoms. The standard InChI is InChI=1S/C20H22N4O2S2/c25-19(15-28-20-21-7-6-17(22-20)18-5-2-13-27-18)24-9-3-8-23(10-11-24)14-16-4-1-12-26-16/h1-2,4-7,12-13H,3,8-11,14-15H2. The van der Waals surface area contributed by atoms with E-state index in [1.807, 2.05) is 40.6 Å². The Morgan fingerprint density at radius 3 is 2.96 bits per heavy atom. The first-order valence-corrected chi connectivity index (χ1v) is 11.2. The Hall–Kier alpha value is -2.16. The fraction of sp³-hybridized carbons (Fsp3) is 0.350. The van der Waals surface area contributed by atoms with Gasteiger partial charge in [-0.1, -0.05) is 17.8 Å². The molecule has 3 aromatic heterocycles. The van der Waals surface area contributed by atoms with Crippen LogP contribution in [-0.4, -0.2) is 57.6 Å². The summed E-state index contributed by atoms with van der Waals surface area (Å²) in [5.41, 5.74) is 0.906. The van der Waals surface area contributed by atoms with E-state index in [1.54, 1.807) is 23.8 Å². The number of aromatic nitrogens is 2. The minimum Gasteiger partial charge on any atom is -0.468 e. The van der Waals surface area contributed by atoms with Crippen molar-refractivity contribution in [3.63, 3.8) is 0 Å². The van der Waals surface area contributed by atoms with E-state index in [9.17, 15) is 4.79 Å². The number of carbonyl (C=O) groups is 1. The van der Waals surface area contributed by atoms with Crippen LogP contribution < -0.4 is 0 Å². The number of rotatable bonds is 6. The van der Waals surface area contributed by atoms with E-state index < -0.39 is 0 Å². The summed E-state index contributed by atoms with van der Waals surface area (Å²) in [5, 5.41) is 2.68. The number of amides is 1. The van der Waals surface area contributed by atoms with Crippen LogP contribution in [0.4, 0.5) is 0 Å². The molecule has 1 fully saturated rings. The van der Waals surface area contributed by atoms with Gasteiger partial charge in [-0.05, 0) is 36.1 Å². The van der Waals surface area contributed by atoms with Crippen molar-refractivity contribution in [2.75, 3.05) is 31.9 Å². The van der Waals surface area contributed by atoms with Crippen molar-refractivity contribution < 1.29 is 9.21 Å². The minimum atomic E-state index is 0.148. The largest absolute Gasteiger partial charge is 0.468 e. The second kappa shape index (κ2) is 9.36. The zero-order valence-corrected chi connectivity index (χ0v) is 17.1. The van der Waals surface area contributed by atoms with E-state index in [-0.39, 0.29) is 5.91 Å². The van der Waals surface area contributed by atoms with Gasteiger partial charge in [0.15, 0.2) is 5.16 Å². The lowest BCUT2D eigenvalue weighted by molar-refractivity contribution is -0.128. The number of hydrogen-bond donors (Lipinski definition) is 0. The summed E-state index contributed by atoms with van der Waals surface area (Å²) in [5.74, 6) is 1.49. The summed E-state index contributed by atoms with van der Waals surface area (Å²) in [6.45, 7) is 4.18. The molecule has 0 bridgehead atoms. The maximum absolute atomic E-state index is 12.7. The molecule has 0 aromatic carbocycles. The Morgan fingerprint density at radius 2 is 2.14 bits per heavy atom. The van der Waals surface area contributed by atoms with E-state index in [0.29, 0.717) is 10.9 Å². The number of thioether (sulfide) groups is 1. The van der Waals surface area contributed by atoms with Gasteiger partial charge < -0.3 is 9.32 Å². The lowest BCUT2D eigenvalue weighted by Gasteiger charge is -2.21. The Morgan fingerprint density at radius 1 is 1.18 bits per heavy atom.